The van der Waals surface area contributed by atoms with Crippen LogP contribution in [0.5, 0.6) is 0 Å². The van der Waals surface area contributed by atoms with Gasteiger partial charge >= 0.3 is 5.97 Å². The van der Waals surface area contributed by atoms with Crippen LogP contribution in [-0.2, 0) is 22.5 Å². The van der Waals surface area contributed by atoms with E-state index in [2.05, 4.69) is 14.9 Å². The van der Waals surface area contributed by atoms with E-state index in [0.29, 0.717) is 24.5 Å². The Balaban J connectivity index is 1.60. The number of carboxylic acid groups (broad SMARTS) is 1. The molecule has 0 bridgehead atoms. The van der Waals surface area contributed by atoms with Crippen LogP contribution in [0.15, 0.2) is 24.5 Å². The number of nitrogens with one attached hydrogen (secondary N) is 1. The van der Waals surface area contributed by atoms with Gasteiger partial charge in [0, 0.05) is 30.8 Å². The molecule has 0 spiro atoms. The number of H-pyrrole nitrogens is 1. The van der Waals surface area contributed by atoms with E-state index in [1.54, 1.807) is 12.4 Å². The van der Waals surface area contributed by atoms with E-state index >= 15 is 0 Å². The highest BCUT2D eigenvalue weighted by Crippen LogP contribution is 2.26. The lowest BCUT2D eigenvalue weighted by Crippen LogP contribution is -2.48. The fourth-order valence-corrected chi connectivity index (χ4v) is 3.78. The molecule has 2 aliphatic heterocycles. The van der Waals surface area contributed by atoms with Crippen molar-refractivity contribution in [2.24, 2.45) is 0 Å². The SMILES string of the molecule is Cc1cc(C(=O)N2Cc3[nH]cnc3C[C@H]2C(=O)O)ccc1N1CCOCC1. The van der Waals surface area contributed by atoms with Gasteiger partial charge in [0.1, 0.15) is 6.04 Å². The predicted octanol–water partition coefficient (Wildman–Crippen LogP) is 1.21. The number of ether oxygens (including phenoxy) is 1. The van der Waals surface area contributed by atoms with E-state index in [1.165, 1.54) is 4.90 Å². The van der Waals surface area contributed by atoms with Gasteiger partial charge in [-0.2, -0.15) is 0 Å². The summed E-state index contributed by atoms with van der Waals surface area (Å²) in [5, 5.41) is 9.59. The number of rotatable bonds is 3. The Labute approximate surface area is 156 Å². The third kappa shape index (κ3) is 3.28. The van der Waals surface area contributed by atoms with Gasteiger partial charge in [-0.05, 0) is 30.7 Å². The first kappa shape index (κ1) is 17.5. The lowest BCUT2D eigenvalue weighted by molar-refractivity contribution is -0.142. The van der Waals surface area contributed by atoms with Gasteiger partial charge in [-0.1, -0.05) is 0 Å². The number of morpholine rings is 1. The van der Waals surface area contributed by atoms with Gasteiger partial charge in [0.15, 0.2) is 0 Å². The molecule has 8 heteroatoms. The van der Waals surface area contributed by atoms with Crippen molar-refractivity contribution >= 4 is 17.6 Å². The van der Waals surface area contributed by atoms with Gasteiger partial charge < -0.3 is 24.6 Å². The molecule has 8 nitrogen and oxygen atoms in total. The molecule has 0 unspecified atom stereocenters. The molecule has 2 aromatic rings. The second kappa shape index (κ2) is 7.03. The standard InChI is InChI=1S/C19H22N4O4/c1-12-8-13(2-3-16(12)22-4-6-27-7-5-22)18(24)23-10-15-14(20-11-21-15)9-17(23)19(25)26/h2-3,8,11,17H,4-7,9-10H2,1H3,(H,20,21)(H,25,26)/t17-/m0/s1. The molecular formula is C19H22N4O4. The summed E-state index contributed by atoms with van der Waals surface area (Å²) in [6.07, 6.45) is 1.75. The topological polar surface area (TPSA) is 98.8 Å². The van der Waals surface area contributed by atoms with E-state index in [4.69, 9.17) is 4.74 Å². The molecule has 27 heavy (non-hydrogen) atoms. The van der Waals surface area contributed by atoms with Crippen molar-refractivity contribution in [2.45, 2.75) is 25.9 Å². The molecular weight excluding hydrogens is 348 g/mol. The molecule has 3 heterocycles. The number of aliphatic carboxylic acids is 1. The maximum atomic E-state index is 13.1. The van der Waals surface area contributed by atoms with Crippen LogP contribution in [0.3, 0.4) is 0 Å². The molecule has 142 valence electrons. The van der Waals surface area contributed by atoms with Crippen LogP contribution >= 0.6 is 0 Å². The van der Waals surface area contributed by atoms with Crippen molar-refractivity contribution in [1.29, 1.82) is 0 Å². The molecule has 0 saturated carbocycles. The molecule has 0 aliphatic carbocycles. The highest BCUT2D eigenvalue weighted by Gasteiger charge is 2.36. The Morgan fingerprint density at radius 2 is 2.07 bits per heavy atom. The quantitative estimate of drug-likeness (QED) is 0.843. The zero-order valence-corrected chi connectivity index (χ0v) is 15.1. The molecule has 1 amide bonds. The minimum Gasteiger partial charge on any atom is -0.480 e. The van der Waals surface area contributed by atoms with Gasteiger partial charge in [0.2, 0.25) is 0 Å². The van der Waals surface area contributed by atoms with Crippen molar-refractivity contribution in [3.63, 3.8) is 0 Å². The lowest BCUT2D eigenvalue weighted by Gasteiger charge is -2.33. The van der Waals surface area contributed by atoms with Crippen LogP contribution in [-0.4, -0.2) is 64.2 Å². The molecule has 1 fully saturated rings. The molecule has 1 saturated heterocycles. The number of benzene rings is 1. The normalized spacial score (nSPS) is 19.7. The summed E-state index contributed by atoms with van der Waals surface area (Å²) in [7, 11) is 0. The number of amides is 1. The van der Waals surface area contributed by atoms with Gasteiger partial charge in [0.25, 0.3) is 5.91 Å². The number of fused-ring (bicyclic) bond motifs is 1. The first-order valence-electron chi connectivity index (χ1n) is 9.03. The monoisotopic (exact) mass is 370 g/mol. The third-order valence-electron chi connectivity index (χ3n) is 5.24. The van der Waals surface area contributed by atoms with Crippen LogP contribution in [0.25, 0.3) is 0 Å². The van der Waals surface area contributed by atoms with Crippen molar-refractivity contribution in [2.75, 3.05) is 31.2 Å². The van der Waals surface area contributed by atoms with Gasteiger partial charge in [-0.3, -0.25) is 4.79 Å². The molecule has 4 rings (SSSR count). The molecule has 0 radical (unpaired) electrons. The number of carbonyl (C=O) groups is 2. The molecule has 2 aliphatic rings. The fraction of sp³-hybridized carbons (Fsp3) is 0.421. The van der Waals surface area contributed by atoms with E-state index in [0.717, 1.165) is 30.0 Å². The Morgan fingerprint density at radius 1 is 1.30 bits per heavy atom. The van der Waals surface area contributed by atoms with Crippen LogP contribution in [0.4, 0.5) is 5.69 Å². The van der Waals surface area contributed by atoms with Crippen LogP contribution < -0.4 is 4.90 Å². The van der Waals surface area contributed by atoms with Crippen molar-refractivity contribution in [3.05, 3.63) is 47.0 Å². The first-order valence-corrected chi connectivity index (χ1v) is 9.03. The second-order valence-electron chi connectivity index (χ2n) is 6.92. The van der Waals surface area contributed by atoms with Gasteiger partial charge in [-0.25, -0.2) is 9.78 Å². The summed E-state index contributed by atoms with van der Waals surface area (Å²) in [6, 6.07) is 4.65. The summed E-state index contributed by atoms with van der Waals surface area (Å²) in [4.78, 5) is 35.6. The number of aromatic amines is 1. The fourth-order valence-electron chi connectivity index (χ4n) is 3.78. The van der Waals surface area contributed by atoms with E-state index < -0.39 is 12.0 Å². The van der Waals surface area contributed by atoms with Crippen LogP contribution in [0.1, 0.15) is 27.3 Å². The number of imidazole rings is 1. The van der Waals surface area contributed by atoms with Crippen molar-refractivity contribution in [1.82, 2.24) is 14.9 Å². The largest absolute Gasteiger partial charge is 0.480 e. The number of aromatic nitrogens is 2. The van der Waals surface area contributed by atoms with E-state index in [1.807, 2.05) is 19.1 Å². The van der Waals surface area contributed by atoms with Gasteiger partial charge in [-0.15, -0.1) is 0 Å². The number of aryl methyl sites for hydroxylation is 1. The Hall–Kier alpha value is -2.87. The molecule has 1 aromatic heterocycles. The highest BCUT2D eigenvalue weighted by atomic mass is 16.5. The number of nitrogens with zero attached hydrogens (tertiary/aromatic N) is 3. The number of hydrogen-bond acceptors (Lipinski definition) is 5. The molecule has 1 aromatic carbocycles. The summed E-state index contributed by atoms with van der Waals surface area (Å²) < 4.78 is 5.39. The van der Waals surface area contributed by atoms with Crippen molar-refractivity contribution in [3.8, 4) is 0 Å². The van der Waals surface area contributed by atoms with Crippen LogP contribution in [0.2, 0.25) is 0 Å². The summed E-state index contributed by atoms with van der Waals surface area (Å²) >= 11 is 0. The summed E-state index contributed by atoms with van der Waals surface area (Å²) in [5.74, 6) is -1.29. The number of carboxylic acids is 1. The smallest absolute Gasteiger partial charge is 0.326 e. The van der Waals surface area contributed by atoms with E-state index in [-0.39, 0.29) is 18.9 Å². The lowest BCUT2D eigenvalue weighted by atomic mass is 10.0. The zero-order chi connectivity index (χ0) is 19.0. The third-order valence-corrected chi connectivity index (χ3v) is 5.24. The summed E-state index contributed by atoms with van der Waals surface area (Å²) in [6.45, 7) is 5.23. The zero-order valence-electron chi connectivity index (χ0n) is 15.1. The number of carbonyl (C=O) groups excluding carboxylic acids is 1. The highest BCUT2D eigenvalue weighted by molar-refractivity contribution is 5.97. The minimum atomic E-state index is -1.02. The van der Waals surface area contributed by atoms with Crippen molar-refractivity contribution < 1.29 is 19.4 Å². The average Bonchev–Trinajstić information content (AvgIpc) is 3.14. The minimum absolute atomic E-state index is 0.213. The Kier molecular flexibility index (Phi) is 4.57. The average molecular weight is 370 g/mol. The Bertz CT molecular complexity index is 872. The van der Waals surface area contributed by atoms with Crippen LogP contribution in [0, 0.1) is 6.92 Å². The maximum Gasteiger partial charge on any atom is 0.326 e. The number of anilines is 1. The van der Waals surface area contributed by atoms with E-state index in [9.17, 15) is 14.7 Å². The second-order valence-corrected chi connectivity index (χ2v) is 6.92. The number of hydrogen-bond donors (Lipinski definition) is 2. The molecule has 1 atom stereocenters. The predicted molar refractivity (Wildman–Crippen MR) is 97.8 cm³/mol. The first-order chi connectivity index (χ1) is 13.0. The Morgan fingerprint density at radius 3 is 2.78 bits per heavy atom. The summed E-state index contributed by atoms with van der Waals surface area (Å²) in [5.41, 5.74) is 4.08. The molecule has 2 N–H and O–H groups in total. The maximum absolute atomic E-state index is 13.1. The van der Waals surface area contributed by atoms with Gasteiger partial charge in [0.05, 0.1) is 37.5 Å².